The molecule has 0 spiro atoms. The number of hydrogen-bond donors (Lipinski definition) is 2. The Balaban J connectivity index is 0.878. The molecule has 4 aromatic heterocycles. The smallest absolute Gasteiger partial charge is 0.264 e. The summed E-state index contributed by atoms with van der Waals surface area (Å²) in [6.45, 7) is 0. The van der Waals surface area contributed by atoms with Gasteiger partial charge in [0.25, 0.3) is 20.0 Å². The number of carbonyl (C=O) groups excluding carboxylic acids is 2. The number of amides is 2. The molecule has 0 aliphatic carbocycles. The fourth-order valence-electron chi connectivity index (χ4n) is 6.29. The largest absolute Gasteiger partial charge is 0.302 e. The third-order valence-electron chi connectivity index (χ3n) is 9.79. The maximum atomic E-state index is 13.8. The van der Waals surface area contributed by atoms with E-state index in [9.17, 15) is 35.2 Å². The van der Waals surface area contributed by atoms with Crippen molar-refractivity contribution in [3.05, 3.63) is 131 Å². The van der Waals surface area contributed by atoms with Crippen LogP contribution in [0.3, 0.4) is 0 Å². The summed E-state index contributed by atoms with van der Waals surface area (Å²) < 4.78 is 83.8. The molecule has 8 rings (SSSR count). The van der Waals surface area contributed by atoms with E-state index >= 15 is 0 Å². The Hall–Kier alpha value is -6.16. The van der Waals surface area contributed by atoms with Crippen LogP contribution in [0, 0.1) is 11.6 Å². The zero-order valence-electron chi connectivity index (χ0n) is 33.1. The molecule has 0 bridgehead atoms. The molecule has 2 N–H and O–H groups in total. The Kier molecular flexibility index (Phi) is 12.3. The van der Waals surface area contributed by atoms with Crippen molar-refractivity contribution in [3.63, 3.8) is 0 Å². The number of halogens is 4. The molecule has 0 radical (unpaired) electrons. The van der Waals surface area contributed by atoms with Gasteiger partial charge in [0, 0.05) is 50.5 Å². The number of nitrogens with one attached hydrogen (secondary N) is 2. The minimum absolute atomic E-state index is 0.0312. The average Bonchev–Trinajstić information content (AvgIpc) is 3.88. The van der Waals surface area contributed by atoms with Crippen LogP contribution in [0.25, 0.3) is 42.7 Å². The number of sulfonamides is 2. The quantitative estimate of drug-likeness (QED) is 0.113. The summed E-state index contributed by atoms with van der Waals surface area (Å²) in [7, 11) is -5.53. The highest BCUT2D eigenvalue weighted by Gasteiger charge is 2.25. The lowest BCUT2D eigenvalue weighted by molar-refractivity contribution is -0.121. The molecule has 0 aliphatic heterocycles. The highest BCUT2D eigenvalue weighted by Crippen LogP contribution is 2.35. The van der Waals surface area contributed by atoms with E-state index in [2.05, 4.69) is 30.6 Å². The molecule has 2 amide bonds. The lowest BCUT2D eigenvalue weighted by Gasteiger charge is -2.20. The zero-order chi connectivity index (χ0) is 45.5. The van der Waals surface area contributed by atoms with E-state index in [4.69, 9.17) is 23.2 Å². The van der Waals surface area contributed by atoms with Crippen LogP contribution in [0.2, 0.25) is 10.0 Å². The van der Waals surface area contributed by atoms with Gasteiger partial charge < -0.3 is 10.6 Å². The molecular weight excluding hydrogens is 950 g/mol. The highest BCUT2D eigenvalue weighted by molar-refractivity contribution is 7.93. The molecule has 0 atom stereocenters. The van der Waals surface area contributed by atoms with Gasteiger partial charge in [-0.3, -0.25) is 28.2 Å². The van der Waals surface area contributed by atoms with Gasteiger partial charge in [0.15, 0.2) is 21.9 Å². The van der Waals surface area contributed by atoms with Crippen molar-refractivity contribution in [2.24, 2.45) is 0 Å². The van der Waals surface area contributed by atoms with Crippen molar-refractivity contribution in [2.75, 3.05) is 33.3 Å². The number of benzene rings is 4. The Morgan fingerprint density at radius 1 is 0.578 bits per heavy atom. The van der Waals surface area contributed by atoms with E-state index in [-0.39, 0.29) is 33.5 Å². The molecule has 326 valence electrons. The van der Waals surface area contributed by atoms with Crippen molar-refractivity contribution < 1.29 is 35.2 Å². The second-order valence-corrected chi connectivity index (χ2v) is 20.8. The third kappa shape index (κ3) is 9.24. The van der Waals surface area contributed by atoms with Gasteiger partial charge in [0.2, 0.25) is 11.8 Å². The van der Waals surface area contributed by atoms with Crippen LogP contribution in [0.1, 0.15) is 12.8 Å². The topological polar surface area (TPSA) is 185 Å². The summed E-state index contributed by atoms with van der Waals surface area (Å²) in [6, 6.07) is 20.4. The Labute approximate surface area is 382 Å². The van der Waals surface area contributed by atoms with Gasteiger partial charge in [-0.25, -0.2) is 35.6 Å². The van der Waals surface area contributed by atoms with Gasteiger partial charge in [-0.05, 0) is 83.9 Å². The fourth-order valence-corrected chi connectivity index (χ4v) is 10.9. The van der Waals surface area contributed by atoms with Crippen molar-refractivity contribution in [2.45, 2.75) is 22.6 Å². The van der Waals surface area contributed by atoms with E-state index in [0.717, 1.165) is 31.0 Å². The predicted octanol–water partition coefficient (Wildman–Crippen LogP) is 9.62. The predicted molar refractivity (Wildman–Crippen MR) is 246 cm³/mol. The summed E-state index contributed by atoms with van der Waals surface area (Å²) in [5.74, 6) is -3.31. The lowest BCUT2D eigenvalue weighted by atomic mass is 10.1. The fraction of sp³-hybridized carbons (Fsp3) is 0.0952. The third-order valence-corrected chi connectivity index (χ3v) is 16.0. The molecule has 14 nitrogen and oxygen atoms in total. The highest BCUT2D eigenvalue weighted by atomic mass is 35.5. The first-order valence-electron chi connectivity index (χ1n) is 18.7. The van der Waals surface area contributed by atoms with Gasteiger partial charge in [0.1, 0.15) is 0 Å². The first-order chi connectivity index (χ1) is 30.5. The number of thiazole rings is 2. The van der Waals surface area contributed by atoms with Crippen molar-refractivity contribution in [1.29, 1.82) is 0 Å². The van der Waals surface area contributed by atoms with Crippen LogP contribution in [0.5, 0.6) is 0 Å². The number of anilines is 4. The Morgan fingerprint density at radius 2 is 1.05 bits per heavy atom. The molecule has 0 unspecified atom stereocenters. The van der Waals surface area contributed by atoms with Gasteiger partial charge in [-0.2, -0.15) is 0 Å². The second-order valence-electron chi connectivity index (χ2n) is 14.0. The number of aromatic nitrogens is 4. The van der Waals surface area contributed by atoms with E-state index in [1.165, 1.54) is 67.4 Å². The minimum atomic E-state index is -4.24. The molecule has 22 heteroatoms. The standard InChI is InChI=1S/C42H30Cl2F2N8O6S4/c1-53(63(57,58)29-5-7-31(43)32(44)17-29)27-13-25(19-47-21-27)23-3-9-35-37(15-23)61-41(49-35)51-39(55)11-12-40(56)52-42-50-36-10-4-24(16-38(36)62-42)26-14-28(22-48-20-26)54(2)64(59,60)30-6-8-33(45)34(46)18-30/h3-10,13-22H,11-12H2,1-2H3,(H,49,51,55)(H,50,52,56). The summed E-state index contributed by atoms with van der Waals surface area (Å²) in [4.78, 5) is 42.8. The van der Waals surface area contributed by atoms with E-state index < -0.39 is 48.4 Å². The Morgan fingerprint density at radius 3 is 1.52 bits per heavy atom. The van der Waals surface area contributed by atoms with Crippen LogP contribution >= 0.6 is 45.9 Å². The van der Waals surface area contributed by atoms with Gasteiger partial charge in [-0.15, -0.1) is 0 Å². The monoisotopic (exact) mass is 978 g/mol. The van der Waals surface area contributed by atoms with Crippen molar-refractivity contribution >= 4 is 120 Å². The SMILES string of the molecule is CN(c1cncc(-c2ccc3nc(NC(=O)CCC(=O)Nc4nc5ccc(-c6cncc(N(C)S(=O)(=O)c7ccc(Cl)c(Cl)c7)c6)cc5s4)sc3c2)c1)S(=O)(=O)c1ccc(F)c(F)c1. The minimum Gasteiger partial charge on any atom is -0.302 e. The zero-order valence-corrected chi connectivity index (χ0v) is 37.9. The summed E-state index contributed by atoms with van der Waals surface area (Å²) >= 11 is 14.5. The van der Waals surface area contributed by atoms with E-state index in [1.54, 1.807) is 42.7 Å². The first-order valence-corrected chi connectivity index (χ1v) is 23.9. The van der Waals surface area contributed by atoms with Crippen LogP contribution < -0.4 is 19.2 Å². The molecule has 8 aromatic rings. The summed E-state index contributed by atoms with van der Waals surface area (Å²) in [5.41, 5.74) is 4.31. The molecular formula is C42H30Cl2F2N8O6S4. The molecule has 0 saturated heterocycles. The molecule has 0 fully saturated rings. The van der Waals surface area contributed by atoms with Crippen LogP contribution in [-0.4, -0.2) is 62.7 Å². The van der Waals surface area contributed by atoms with Crippen LogP contribution in [0.4, 0.5) is 30.4 Å². The number of pyridine rings is 2. The maximum absolute atomic E-state index is 13.8. The van der Waals surface area contributed by atoms with E-state index in [1.807, 2.05) is 18.2 Å². The number of rotatable bonds is 13. The van der Waals surface area contributed by atoms with Gasteiger partial charge >= 0.3 is 0 Å². The molecule has 0 saturated carbocycles. The molecule has 4 heterocycles. The molecule has 64 heavy (non-hydrogen) atoms. The number of fused-ring (bicyclic) bond motifs is 2. The normalized spacial score (nSPS) is 11.8. The molecule has 4 aromatic carbocycles. The van der Waals surface area contributed by atoms with Gasteiger partial charge in [0.05, 0.1) is 64.0 Å². The lowest BCUT2D eigenvalue weighted by Crippen LogP contribution is -2.26. The summed E-state index contributed by atoms with van der Waals surface area (Å²) in [5, 5.41) is 6.47. The first kappa shape index (κ1) is 44.4. The van der Waals surface area contributed by atoms with Crippen molar-refractivity contribution in [3.8, 4) is 22.3 Å². The maximum Gasteiger partial charge on any atom is 0.264 e. The van der Waals surface area contributed by atoms with Crippen molar-refractivity contribution in [1.82, 2.24) is 19.9 Å². The van der Waals surface area contributed by atoms with E-state index in [0.29, 0.717) is 54.4 Å². The average molecular weight is 980 g/mol. The van der Waals surface area contributed by atoms with Crippen LogP contribution in [0.15, 0.2) is 120 Å². The second kappa shape index (κ2) is 17.8. The summed E-state index contributed by atoms with van der Waals surface area (Å²) in [6.07, 6.45) is 5.63. The van der Waals surface area contributed by atoms with Gasteiger partial charge in [-0.1, -0.05) is 58.0 Å². The number of carbonyl (C=O) groups is 2. The number of nitrogens with zero attached hydrogens (tertiary/aromatic N) is 6. The number of hydrogen-bond acceptors (Lipinski definition) is 12. The Bertz CT molecular complexity index is 3170. The van der Waals surface area contributed by atoms with Crippen LogP contribution in [-0.2, 0) is 29.6 Å². The molecule has 0 aliphatic rings.